The molecule has 0 aromatic carbocycles. The normalized spacial score (nSPS) is 11.1. The molecule has 0 bridgehead atoms. The minimum absolute atomic E-state index is 0.182. The van der Waals surface area contributed by atoms with Gasteiger partial charge in [-0.3, -0.25) is 0 Å². The highest BCUT2D eigenvalue weighted by Crippen LogP contribution is 2.34. The van der Waals surface area contributed by atoms with Crippen LogP contribution in [0.25, 0.3) is 0 Å². The van der Waals surface area contributed by atoms with Crippen LogP contribution in [0.2, 0.25) is 0 Å². The summed E-state index contributed by atoms with van der Waals surface area (Å²) in [7, 11) is 0. The van der Waals surface area contributed by atoms with E-state index >= 15 is 0 Å². The van der Waals surface area contributed by atoms with Gasteiger partial charge in [0.1, 0.15) is 4.88 Å². The number of hydrogen-bond acceptors (Lipinski definition) is 3. The summed E-state index contributed by atoms with van der Waals surface area (Å²) in [5.41, 5.74) is 0. The Kier molecular flexibility index (Phi) is 3.43. The van der Waals surface area contributed by atoms with Gasteiger partial charge in [0.05, 0.1) is 6.54 Å². The molecule has 0 saturated heterocycles. The minimum Gasteiger partial charge on any atom is -0.211 e. The molecule has 14 heavy (non-hydrogen) atoms. The molecule has 0 aliphatic rings. The summed E-state index contributed by atoms with van der Waals surface area (Å²) in [6.07, 6.45) is -2.61. The summed E-state index contributed by atoms with van der Waals surface area (Å²) in [5, 5.41) is 0. The second-order valence-electron chi connectivity index (χ2n) is 2.49. The second-order valence-corrected chi connectivity index (χ2v) is 3.66. The Morgan fingerprint density at radius 1 is 1.43 bits per heavy atom. The van der Waals surface area contributed by atoms with Crippen LogP contribution in [0.3, 0.4) is 0 Å². The third-order valence-electron chi connectivity index (χ3n) is 1.48. The van der Waals surface area contributed by atoms with Crippen LogP contribution in [0.15, 0.2) is 17.1 Å². The van der Waals surface area contributed by atoms with Gasteiger partial charge in [-0.2, -0.15) is 13.2 Å². The molecule has 1 heterocycles. The van der Waals surface area contributed by atoms with E-state index in [1.807, 2.05) is 0 Å². The first-order valence-corrected chi connectivity index (χ1v) is 4.55. The average Bonchev–Trinajstić information content (AvgIpc) is 2.52. The van der Waals surface area contributed by atoms with Gasteiger partial charge in [0.25, 0.3) is 0 Å². The Bertz CT molecular complexity index is 352. The maximum atomic E-state index is 12.1. The summed E-state index contributed by atoms with van der Waals surface area (Å²) < 4.78 is 36.3. The van der Waals surface area contributed by atoms with E-state index in [1.165, 1.54) is 12.1 Å². The number of aliphatic imine (C=N–C) groups is 1. The maximum Gasteiger partial charge on any atom is 0.425 e. The molecule has 0 aliphatic heterocycles. The fourth-order valence-corrected chi connectivity index (χ4v) is 1.74. The molecule has 1 rings (SSSR count). The standard InChI is InChI=1S/C8H6F3NOS/c9-8(10,11)7-2-1-6(14-7)3-4-12-5-13/h1-2H,3-4H2. The molecule has 1 aromatic rings. The average molecular weight is 221 g/mol. The third-order valence-corrected chi connectivity index (χ3v) is 2.67. The van der Waals surface area contributed by atoms with Crippen molar-refractivity contribution in [2.45, 2.75) is 12.6 Å². The molecule has 0 amide bonds. The van der Waals surface area contributed by atoms with Crippen LogP contribution in [-0.4, -0.2) is 12.6 Å². The molecule has 0 N–H and O–H groups in total. The molecule has 0 unspecified atom stereocenters. The summed E-state index contributed by atoms with van der Waals surface area (Å²) in [6.45, 7) is 0.182. The molecular weight excluding hydrogens is 215 g/mol. The van der Waals surface area contributed by atoms with Crippen LogP contribution in [0.4, 0.5) is 13.2 Å². The first-order chi connectivity index (χ1) is 6.54. The van der Waals surface area contributed by atoms with Crippen molar-refractivity contribution in [1.82, 2.24) is 0 Å². The molecule has 0 radical (unpaired) electrons. The highest BCUT2D eigenvalue weighted by molar-refractivity contribution is 7.12. The van der Waals surface area contributed by atoms with E-state index in [2.05, 4.69) is 4.99 Å². The van der Waals surface area contributed by atoms with Gasteiger partial charge < -0.3 is 0 Å². The Hall–Kier alpha value is -1.13. The minimum atomic E-state index is -4.28. The number of alkyl halides is 3. The predicted molar refractivity (Wildman–Crippen MR) is 46.0 cm³/mol. The highest BCUT2D eigenvalue weighted by atomic mass is 32.1. The Morgan fingerprint density at radius 3 is 2.64 bits per heavy atom. The molecule has 2 nitrogen and oxygen atoms in total. The predicted octanol–water partition coefficient (Wildman–Crippen LogP) is 2.65. The lowest BCUT2D eigenvalue weighted by molar-refractivity contribution is -0.134. The largest absolute Gasteiger partial charge is 0.425 e. The van der Waals surface area contributed by atoms with Gasteiger partial charge in [-0.15, -0.1) is 11.3 Å². The zero-order valence-corrected chi connectivity index (χ0v) is 7.78. The first kappa shape index (κ1) is 10.9. The smallest absolute Gasteiger partial charge is 0.211 e. The molecule has 0 fully saturated rings. The highest BCUT2D eigenvalue weighted by Gasteiger charge is 2.32. The number of rotatable bonds is 3. The topological polar surface area (TPSA) is 29.4 Å². The van der Waals surface area contributed by atoms with Gasteiger partial charge >= 0.3 is 6.18 Å². The van der Waals surface area contributed by atoms with Crippen LogP contribution < -0.4 is 0 Å². The third kappa shape index (κ3) is 2.97. The van der Waals surface area contributed by atoms with Crippen molar-refractivity contribution in [1.29, 1.82) is 0 Å². The number of halogens is 3. The van der Waals surface area contributed by atoms with Gasteiger partial charge in [-0.05, 0) is 12.1 Å². The Balaban J connectivity index is 2.64. The SMILES string of the molecule is O=C=NCCc1ccc(C(F)(F)F)s1. The molecule has 0 aliphatic carbocycles. The van der Waals surface area contributed by atoms with E-state index < -0.39 is 11.1 Å². The number of nitrogens with zero attached hydrogens (tertiary/aromatic N) is 1. The van der Waals surface area contributed by atoms with E-state index in [0.717, 1.165) is 6.07 Å². The van der Waals surface area contributed by atoms with Crippen LogP contribution in [-0.2, 0) is 17.4 Å². The van der Waals surface area contributed by atoms with Gasteiger partial charge in [-0.1, -0.05) is 0 Å². The number of hydrogen-bond donors (Lipinski definition) is 0. The monoisotopic (exact) mass is 221 g/mol. The number of carbonyl (C=O) groups excluding carboxylic acids is 1. The van der Waals surface area contributed by atoms with E-state index in [9.17, 15) is 18.0 Å². The van der Waals surface area contributed by atoms with Gasteiger partial charge in [0, 0.05) is 11.3 Å². The summed E-state index contributed by atoms with van der Waals surface area (Å²) >= 11 is 0.675. The number of isocyanates is 1. The lowest BCUT2D eigenvalue weighted by Crippen LogP contribution is -2.00. The fourth-order valence-electron chi connectivity index (χ4n) is 0.876. The van der Waals surface area contributed by atoms with Gasteiger partial charge in [-0.25, -0.2) is 9.79 Å². The zero-order chi connectivity index (χ0) is 10.6. The Labute approximate surface area is 82.1 Å². The van der Waals surface area contributed by atoms with Crippen molar-refractivity contribution in [3.63, 3.8) is 0 Å². The van der Waals surface area contributed by atoms with Crippen molar-refractivity contribution in [2.24, 2.45) is 4.99 Å². The Morgan fingerprint density at radius 2 is 2.14 bits per heavy atom. The van der Waals surface area contributed by atoms with Crippen molar-refractivity contribution in [3.8, 4) is 0 Å². The van der Waals surface area contributed by atoms with E-state index in [1.54, 1.807) is 0 Å². The zero-order valence-electron chi connectivity index (χ0n) is 6.97. The summed E-state index contributed by atoms with van der Waals surface area (Å²) in [4.78, 5) is 12.9. The fraction of sp³-hybridized carbons (Fsp3) is 0.375. The van der Waals surface area contributed by atoms with E-state index in [-0.39, 0.29) is 6.54 Å². The molecule has 1 aromatic heterocycles. The van der Waals surface area contributed by atoms with Crippen LogP contribution >= 0.6 is 11.3 Å². The van der Waals surface area contributed by atoms with Crippen LogP contribution in [0.5, 0.6) is 0 Å². The van der Waals surface area contributed by atoms with E-state index in [4.69, 9.17) is 0 Å². The lowest BCUT2D eigenvalue weighted by atomic mass is 10.3. The maximum absolute atomic E-state index is 12.1. The molecule has 76 valence electrons. The lowest BCUT2D eigenvalue weighted by Gasteiger charge is -2.00. The van der Waals surface area contributed by atoms with Gasteiger partial charge in [0.15, 0.2) is 0 Å². The second kappa shape index (κ2) is 4.39. The molecule has 0 saturated carbocycles. The van der Waals surface area contributed by atoms with Crippen LogP contribution in [0.1, 0.15) is 9.75 Å². The van der Waals surface area contributed by atoms with Gasteiger partial charge in [0.2, 0.25) is 6.08 Å². The number of thiophene rings is 1. The van der Waals surface area contributed by atoms with E-state index in [0.29, 0.717) is 22.6 Å². The molecule has 6 heteroatoms. The van der Waals surface area contributed by atoms with Crippen molar-refractivity contribution < 1.29 is 18.0 Å². The first-order valence-electron chi connectivity index (χ1n) is 3.73. The molecule has 0 atom stereocenters. The van der Waals surface area contributed by atoms with Crippen molar-refractivity contribution >= 4 is 17.4 Å². The quantitative estimate of drug-likeness (QED) is 0.570. The van der Waals surface area contributed by atoms with Crippen molar-refractivity contribution in [3.05, 3.63) is 21.9 Å². The molecular formula is C8H6F3NOS. The molecule has 0 spiro atoms. The van der Waals surface area contributed by atoms with Crippen molar-refractivity contribution in [2.75, 3.05) is 6.54 Å². The van der Waals surface area contributed by atoms with Crippen LogP contribution in [0, 0.1) is 0 Å². The summed E-state index contributed by atoms with van der Waals surface area (Å²) in [5.74, 6) is 0. The summed E-state index contributed by atoms with van der Waals surface area (Å²) in [6, 6.07) is 2.43.